The predicted molar refractivity (Wildman–Crippen MR) is 115 cm³/mol. The number of halogens is 1. The minimum Gasteiger partial charge on any atom is -0.368 e. The summed E-state index contributed by atoms with van der Waals surface area (Å²) in [6, 6.07) is 12.0. The predicted octanol–water partition coefficient (Wildman–Crippen LogP) is 4.61. The summed E-state index contributed by atoms with van der Waals surface area (Å²) in [6.45, 7) is 5.39. The third-order valence-electron chi connectivity index (χ3n) is 5.01. The van der Waals surface area contributed by atoms with E-state index in [2.05, 4.69) is 22.1 Å². The second-order valence-electron chi connectivity index (χ2n) is 7.19. The average Bonchev–Trinajstić information content (AvgIpc) is 3.15. The molecule has 4 rings (SSSR count). The van der Waals surface area contributed by atoms with Gasteiger partial charge in [-0.25, -0.2) is 4.98 Å². The largest absolute Gasteiger partial charge is 0.368 e. The van der Waals surface area contributed by atoms with Gasteiger partial charge in [-0.15, -0.1) is 11.3 Å². The molecule has 1 aliphatic heterocycles. The van der Waals surface area contributed by atoms with Crippen LogP contribution in [-0.4, -0.2) is 40.5 Å². The molecular formula is C22H22ClN3O2S. The second kappa shape index (κ2) is 8.61. The van der Waals surface area contributed by atoms with Crippen molar-refractivity contribution in [1.82, 2.24) is 14.9 Å². The van der Waals surface area contributed by atoms with Gasteiger partial charge in [0.1, 0.15) is 11.0 Å². The molecule has 29 heavy (non-hydrogen) atoms. The molecule has 150 valence electrons. The minimum atomic E-state index is -0.245. The Morgan fingerprint density at radius 3 is 2.90 bits per heavy atom. The van der Waals surface area contributed by atoms with Gasteiger partial charge >= 0.3 is 0 Å². The summed E-state index contributed by atoms with van der Waals surface area (Å²) < 4.78 is 5.98. The number of hydrogen-bond donors (Lipinski definition) is 0. The van der Waals surface area contributed by atoms with Crippen molar-refractivity contribution in [3.8, 4) is 0 Å². The molecule has 1 amide bonds. The normalized spacial score (nSPS) is 16.8. The monoisotopic (exact) mass is 427 g/mol. The van der Waals surface area contributed by atoms with Crippen molar-refractivity contribution < 1.29 is 9.53 Å². The van der Waals surface area contributed by atoms with E-state index in [0.29, 0.717) is 24.6 Å². The molecule has 0 aliphatic carbocycles. The number of benzene rings is 1. The molecule has 0 radical (unpaired) electrons. The Hall–Kier alpha value is -2.28. The zero-order valence-corrected chi connectivity index (χ0v) is 18.0. The van der Waals surface area contributed by atoms with Crippen molar-refractivity contribution in [2.45, 2.75) is 26.4 Å². The lowest BCUT2D eigenvalue weighted by atomic mass is 10.0. The van der Waals surface area contributed by atoms with Crippen LogP contribution in [0.15, 0.2) is 41.9 Å². The lowest BCUT2D eigenvalue weighted by Gasteiger charge is -2.32. The molecule has 1 aromatic carbocycles. The Morgan fingerprint density at radius 1 is 1.31 bits per heavy atom. The van der Waals surface area contributed by atoms with Crippen LogP contribution in [0, 0.1) is 13.8 Å². The molecule has 3 aromatic rings. The molecule has 1 aliphatic rings. The van der Waals surface area contributed by atoms with Gasteiger partial charge in [0, 0.05) is 17.3 Å². The third kappa shape index (κ3) is 4.50. The van der Waals surface area contributed by atoms with Gasteiger partial charge in [0.2, 0.25) is 0 Å². The molecule has 0 spiro atoms. The number of aromatic nitrogens is 2. The molecule has 2 aromatic heterocycles. The van der Waals surface area contributed by atoms with E-state index < -0.39 is 0 Å². The Labute approximate surface area is 179 Å². The van der Waals surface area contributed by atoms with Crippen LogP contribution in [-0.2, 0) is 11.2 Å². The number of nitrogens with zero attached hydrogens (tertiary/aromatic N) is 3. The Morgan fingerprint density at radius 2 is 2.14 bits per heavy atom. The van der Waals surface area contributed by atoms with Crippen LogP contribution in [0.2, 0.25) is 5.02 Å². The van der Waals surface area contributed by atoms with Crippen LogP contribution in [0.4, 0.5) is 0 Å². The summed E-state index contributed by atoms with van der Waals surface area (Å²) in [4.78, 5) is 24.3. The number of carbonyl (C=O) groups is 1. The highest BCUT2D eigenvalue weighted by Gasteiger charge is 2.28. The fourth-order valence-corrected chi connectivity index (χ4v) is 4.53. The molecule has 1 atom stereocenters. The van der Waals surface area contributed by atoms with Gasteiger partial charge in [0.15, 0.2) is 0 Å². The number of aryl methyl sites for hydroxylation is 2. The number of pyridine rings is 1. The number of ether oxygens (including phenoxy) is 1. The number of morpholine rings is 1. The summed E-state index contributed by atoms with van der Waals surface area (Å²) in [5.41, 5.74) is 6.47. The summed E-state index contributed by atoms with van der Waals surface area (Å²) >= 11 is 7.71. The van der Waals surface area contributed by atoms with E-state index >= 15 is 0 Å². The topological polar surface area (TPSA) is 55.3 Å². The van der Waals surface area contributed by atoms with Crippen LogP contribution in [0.25, 0.3) is 0 Å². The SMILES string of the molecule is Cc1cc(Cc2ccccc2Cl)cc([C@@H]2CN(C(=O)c3scnc3C)CCO2)n1. The van der Waals surface area contributed by atoms with Gasteiger partial charge < -0.3 is 9.64 Å². The number of thiazole rings is 1. The van der Waals surface area contributed by atoms with E-state index in [9.17, 15) is 4.79 Å². The van der Waals surface area contributed by atoms with Crippen LogP contribution >= 0.6 is 22.9 Å². The smallest absolute Gasteiger partial charge is 0.266 e. The molecular weight excluding hydrogens is 406 g/mol. The highest BCUT2D eigenvalue weighted by atomic mass is 35.5. The molecule has 0 N–H and O–H groups in total. The molecule has 0 saturated carbocycles. The van der Waals surface area contributed by atoms with E-state index in [4.69, 9.17) is 16.3 Å². The van der Waals surface area contributed by atoms with Gasteiger partial charge in [0.05, 0.1) is 30.1 Å². The molecule has 5 nitrogen and oxygen atoms in total. The zero-order valence-electron chi connectivity index (χ0n) is 16.4. The van der Waals surface area contributed by atoms with E-state index in [-0.39, 0.29) is 12.0 Å². The first-order chi connectivity index (χ1) is 14.0. The summed E-state index contributed by atoms with van der Waals surface area (Å²) in [6.07, 6.45) is 0.483. The number of rotatable bonds is 4. The molecule has 7 heteroatoms. The number of amides is 1. The van der Waals surface area contributed by atoms with E-state index in [1.807, 2.05) is 43.0 Å². The average molecular weight is 428 g/mol. The van der Waals surface area contributed by atoms with Crippen molar-refractivity contribution in [2.24, 2.45) is 0 Å². The van der Waals surface area contributed by atoms with Gasteiger partial charge in [-0.3, -0.25) is 9.78 Å². The fraction of sp³-hybridized carbons (Fsp3) is 0.318. The maximum absolute atomic E-state index is 12.9. The van der Waals surface area contributed by atoms with Gasteiger partial charge in [-0.2, -0.15) is 0 Å². The Balaban J connectivity index is 1.54. The zero-order chi connectivity index (χ0) is 20.4. The molecule has 0 unspecified atom stereocenters. The van der Waals surface area contributed by atoms with Crippen molar-refractivity contribution in [1.29, 1.82) is 0 Å². The third-order valence-corrected chi connectivity index (χ3v) is 6.29. The van der Waals surface area contributed by atoms with Crippen molar-refractivity contribution in [3.63, 3.8) is 0 Å². The van der Waals surface area contributed by atoms with Gasteiger partial charge in [-0.1, -0.05) is 29.8 Å². The lowest BCUT2D eigenvalue weighted by molar-refractivity contribution is -0.0246. The number of hydrogen-bond acceptors (Lipinski definition) is 5. The standard InChI is InChI=1S/C22H22ClN3O2S/c1-14-9-16(10-17-5-3-4-6-18(17)23)11-19(25-14)20-12-26(7-8-28-20)22(27)21-15(2)24-13-29-21/h3-6,9,11,13,20H,7-8,10,12H2,1-2H3/t20-/m0/s1. The fourth-order valence-electron chi connectivity index (χ4n) is 3.56. The van der Waals surface area contributed by atoms with Crippen molar-refractivity contribution in [2.75, 3.05) is 19.7 Å². The van der Waals surface area contributed by atoms with Crippen molar-refractivity contribution >= 4 is 28.8 Å². The molecule has 0 bridgehead atoms. The lowest BCUT2D eigenvalue weighted by Crippen LogP contribution is -2.42. The van der Waals surface area contributed by atoms with Crippen LogP contribution in [0.5, 0.6) is 0 Å². The first-order valence-electron chi connectivity index (χ1n) is 9.53. The van der Waals surface area contributed by atoms with Gasteiger partial charge in [-0.05, 0) is 49.6 Å². The first-order valence-corrected chi connectivity index (χ1v) is 10.8. The van der Waals surface area contributed by atoms with Gasteiger partial charge in [0.25, 0.3) is 5.91 Å². The Bertz CT molecular complexity index is 1040. The highest BCUT2D eigenvalue weighted by molar-refractivity contribution is 7.11. The minimum absolute atomic E-state index is 0.0160. The van der Waals surface area contributed by atoms with E-state index in [0.717, 1.165) is 39.7 Å². The maximum Gasteiger partial charge on any atom is 0.266 e. The number of carbonyl (C=O) groups excluding carboxylic acids is 1. The second-order valence-corrected chi connectivity index (χ2v) is 8.45. The van der Waals surface area contributed by atoms with Crippen LogP contribution < -0.4 is 0 Å². The van der Waals surface area contributed by atoms with E-state index in [1.54, 1.807) is 5.51 Å². The Kier molecular flexibility index (Phi) is 5.94. The van der Waals surface area contributed by atoms with Crippen molar-refractivity contribution in [3.05, 3.63) is 80.0 Å². The molecule has 1 fully saturated rings. The molecule has 1 saturated heterocycles. The quantitative estimate of drug-likeness (QED) is 0.610. The van der Waals surface area contributed by atoms with E-state index in [1.165, 1.54) is 11.3 Å². The van der Waals surface area contributed by atoms with Crippen LogP contribution in [0.1, 0.15) is 44.0 Å². The summed E-state index contributed by atoms with van der Waals surface area (Å²) in [5.74, 6) is 0.0160. The maximum atomic E-state index is 12.9. The summed E-state index contributed by atoms with van der Waals surface area (Å²) in [7, 11) is 0. The first kappa shape index (κ1) is 20.0. The summed E-state index contributed by atoms with van der Waals surface area (Å²) in [5, 5.41) is 0.758. The molecule has 3 heterocycles. The highest BCUT2D eigenvalue weighted by Crippen LogP contribution is 2.26. The van der Waals surface area contributed by atoms with Crippen LogP contribution in [0.3, 0.4) is 0 Å².